The van der Waals surface area contributed by atoms with Crippen molar-refractivity contribution >= 4 is 5.78 Å². The maximum Gasteiger partial charge on any atom is 0.159 e. The fraction of sp³-hybridized carbons (Fsp3) is 0.545. The monoisotopic (exact) mass is 162 g/mol. The maximum absolute atomic E-state index is 11.1. The minimum Gasteiger partial charge on any atom is -0.294 e. The van der Waals surface area contributed by atoms with E-state index in [0.29, 0.717) is 6.42 Å². The van der Waals surface area contributed by atoms with E-state index in [1.807, 2.05) is 6.08 Å². The van der Waals surface area contributed by atoms with E-state index < -0.39 is 0 Å². The topological polar surface area (TPSA) is 17.1 Å². The molecule has 0 aromatic heterocycles. The molecule has 2 rings (SSSR count). The predicted octanol–water partition coefficient (Wildman–Crippen LogP) is 2.78. The fourth-order valence-corrected chi connectivity index (χ4v) is 2.03. The van der Waals surface area contributed by atoms with Crippen molar-refractivity contribution < 1.29 is 4.79 Å². The van der Waals surface area contributed by atoms with Gasteiger partial charge in [0, 0.05) is 6.42 Å². The van der Waals surface area contributed by atoms with Gasteiger partial charge < -0.3 is 0 Å². The van der Waals surface area contributed by atoms with Crippen LogP contribution in [0.3, 0.4) is 0 Å². The first-order valence-corrected chi connectivity index (χ1v) is 4.78. The minimum absolute atomic E-state index is 0.288. The summed E-state index contributed by atoms with van der Waals surface area (Å²) in [7, 11) is 0. The third-order valence-electron chi connectivity index (χ3n) is 2.74. The van der Waals surface area contributed by atoms with Crippen LogP contribution < -0.4 is 0 Å². The predicted molar refractivity (Wildman–Crippen MR) is 48.9 cm³/mol. The van der Waals surface area contributed by atoms with Gasteiger partial charge in [-0.1, -0.05) is 18.1 Å². The molecule has 0 N–H and O–H groups in total. The van der Waals surface area contributed by atoms with E-state index in [-0.39, 0.29) is 5.78 Å². The van der Waals surface area contributed by atoms with Crippen molar-refractivity contribution in [2.45, 2.75) is 38.5 Å². The van der Waals surface area contributed by atoms with Crippen molar-refractivity contribution in [3.8, 4) is 0 Å². The summed E-state index contributed by atoms with van der Waals surface area (Å²) in [5.41, 5.74) is 2.87. The molecule has 0 radical (unpaired) electrons. The Kier molecular flexibility index (Phi) is 2.11. The Morgan fingerprint density at radius 3 is 2.75 bits per heavy atom. The number of rotatable bonds is 0. The van der Waals surface area contributed by atoms with Crippen LogP contribution in [0, 0.1) is 0 Å². The molecule has 0 amide bonds. The number of ketones is 1. The van der Waals surface area contributed by atoms with Crippen molar-refractivity contribution in [3.05, 3.63) is 23.3 Å². The highest BCUT2D eigenvalue weighted by molar-refractivity contribution is 5.93. The van der Waals surface area contributed by atoms with E-state index >= 15 is 0 Å². The zero-order valence-corrected chi connectivity index (χ0v) is 7.31. The number of allylic oxidation sites excluding steroid dienone is 4. The van der Waals surface area contributed by atoms with Gasteiger partial charge in [-0.25, -0.2) is 0 Å². The number of hydrogen-bond donors (Lipinski definition) is 0. The molecule has 0 atom stereocenters. The van der Waals surface area contributed by atoms with Crippen molar-refractivity contribution in [2.75, 3.05) is 0 Å². The first-order valence-electron chi connectivity index (χ1n) is 4.78. The summed E-state index contributed by atoms with van der Waals surface area (Å²) in [5.74, 6) is 0.288. The second-order valence-electron chi connectivity index (χ2n) is 3.67. The zero-order valence-electron chi connectivity index (χ0n) is 7.31. The highest BCUT2D eigenvalue weighted by Gasteiger charge is 2.15. The largest absolute Gasteiger partial charge is 0.294 e. The van der Waals surface area contributed by atoms with Gasteiger partial charge in [-0.05, 0) is 37.3 Å². The molecule has 0 saturated carbocycles. The Balaban J connectivity index is 2.22. The molecule has 2 aliphatic rings. The lowest BCUT2D eigenvalue weighted by atomic mass is 9.93. The molecule has 0 heterocycles. The van der Waals surface area contributed by atoms with Crippen LogP contribution in [0.5, 0.6) is 0 Å². The number of carbonyl (C=O) groups excluding carboxylic acids is 1. The van der Waals surface area contributed by atoms with Crippen LogP contribution in [0.15, 0.2) is 23.3 Å². The summed E-state index contributed by atoms with van der Waals surface area (Å²) in [6.45, 7) is 0. The molecule has 0 spiro atoms. The molecule has 1 nitrogen and oxygen atoms in total. The van der Waals surface area contributed by atoms with Gasteiger partial charge >= 0.3 is 0 Å². The third kappa shape index (κ3) is 1.50. The zero-order chi connectivity index (χ0) is 8.39. The smallest absolute Gasteiger partial charge is 0.159 e. The molecule has 2 aliphatic carbocycles. The quantitative estimate of drug-likeness (QED) is 0.535. The van der Waals surface area contributed by atoms with Gasteiger partial charge in [-0.15, -0.1) is 0 Å². The van der Waals surface area contributed by atoms with Gasteiger partial charge in [0.2, 0.25) is 0 Å². The lowest BCUT2D eigenvalue weighted by molar-refractivity contribution is -0.114. The van der Waals surface area contributed by atoms with Crippen LogP contribution in [0.4, 0.5) is 0 Å². The maximum atomic E-state index is 11.1. The SMILES string of the molecule is O=C1C=CC2=C(CCCCC2)C1. The minimum atomic E-state index is 0.288. The summed E-state index contributed by atoms with van der Waals surface area (Å²) in [5, 5.41) is 0. The summed E-state index contributed by atoms with van der Waals surface area (Å²) >= 11 is 0. The molecule has 0 unspecified atom stereocenters. The van der Waals surface area contributed by atoms with Crippen molar-refractivity contribution in [1.82, 2.24) is 0 Å². The van der Waals surface area contributed by atoms with Crippen LogP contribution in [0.25, 0.3) is 0 Å². The van der Waals surface area contributed by atoms with Gasteiger partial charge in [0.1, 0.15) is 0 Å². The van der Waals surface area contributed by atoms with Crippen LogP contribution in [-0.2, 0) is 4.79 Å². The average molecular weight is 162 g/mol. The van der Waals surface area contributed by atoms with Crippen LogP contribution >= 0.6 is 0 Å². The first kappa shape index (κ1) is 7.78. The van der Waals surface area contributed by atoms with Crippen molar-refractivity contribution in [3.63, 3.8) is 0 Å². The van der Waals surface area contributed by atoms with E-state index in [4.69, 9.17) is 0 Å². The molecule has 1 heteroatoms. The number of hydrogen-bond acceptors (Lipinski definition) is 1. The van der Waals surface area contributed by atoms with Crippen molar-refractivity contribution in [1.29, 1.82) is 0 Å². The standard InChI is InChI=1S/C11H14O/c12-11-7-6-9-4-2-1-3-5-10(9)8-11/h6-7H,1-5,8H2. The number of carbonyl (C=O) groups is 1. The molecule has 0 saturated heterocycles. The molecule has 64 valence electrons. The highest BCUT2D eigenvalue weighted by Crippen LogP contribution is 2.29. The second-order valence-corrected chi connectivity index (χ2v) is 3.67. The first-order chi connectivity index (χ1) is 5.86. The molecule has 0 fully saturated rings. The van der Waals surface area contributed by atoms with Gasteiger partial charge in [-0.2, -0.15) is 0 Å². The van der Waals surface area contributed by atoms with Crippen LogP contribution in [-0.4, -0.2) is 5.78 Å². The average Bonchev–Trinajstić information content (AvgIpc) is 2.28. The summed E-state index contributed by atoms with van der Waals surface area (Å²) < 4.78 is 0. The van der Waals surface area contributed by atoms with E-state index in [2.05, 4.69) is 0 Å². The van der Waals surface area contributed by atoms with Crippen LogP contribution in [0.1, 0.15) is 38.5 Å². The van der Waals surface area contributed by atoms with E-state index in [0.717, 1.165) is 6.42 Å². The van der Waals surface area contributed by atoms with Gasteiger partial charge in [0.15, 0.2) is 5.78 Å². The fourth-order valence-electron chi connectivity index (χ4n) is 2.03. The Bertz CT molecular complexity index is 258. The van der Waals surface area contributed by atoms with E-state index in [9.17, 15) is 4.79 Å². The Morgan fingerprint density at radius 2 is 1.83 bits per heavy atom. The summed E-state index contributed by atoms with van der Waals surface area (Å²) in [6.07, 6.45) is 10.7. The molecule has 0 aromatic rings. The lowest BCUT2D eigenvalue weighted by Crippen LogP contribution is -2.02. The van der Waals surface area contributed by atoms with Crippen LogP contribution in [0.2, 0.25) is 0 Å². The molecule has 12 heavy (non-hydrogen) atoms. The van der Waals surface area contributed by atoms with Gasteiger partial charge in [0.25, 0.3) is 0 Å². The van der Waals surface area contributed by atoms with E-state index in [1.165, 1.54) is 36.8 Å². The van der Waals surface area contributed by atoms with Crippen molar-refractivity contribution in [2.24, 2.45) is 0 Å². The summed E-state index contributed by atoms with van der Waals surface area (Å²) in [6, 6.07) is 0. The Hall–Kier alpha value is -0.850. The molecular formula is C11H14O. The Morgan fingerprint density at radius 1 is 1.00 bits per heavy atom. The highest BCUT2D eigenvalue weighted by atomic mass is 16.1. The van der Waals surface area contributed by atoms with Gasteiger partial charge in [-0.3, -0.25) is 4.79 Å². The molecule has 0 aromatic carbocycles. The second kappa shape index (κ2) is 3.26. The molecule has 0 aliphatic heterocycles. The normalized spacial score (nSPS) is 23.8. The Labute approximate surface area is 73.2 Å². The third-order valence-corrected chi connectivity index (χ3v) is 2.74. The molecular weight excluding hydrogens is 148 g/mol. The lowest BCUT2D eigenvalue weighted by Gasteiger charge is -2.11. The molecule has 0 bridgehead atoms. The summed E-state index contributed by atoms with van der Waals surface area (Å²) in [4.78, 5) is 11.1. The van der Waals surface area contributed by atoms with Gasteiger partial charge in [0.05, 0.1) is 0 Å². The van der Waals surface area contributed by atoms with E-state index in [1.54, 1.807) is 6.08 Å².